The number of hydrogen-bond donors (Lipinski definition) is 1. The molecule has 0 saturated heterocycles. The van der Waals surface area contributed by atoms with Crippen LogP contribution in [-0.4, -0.2) is 44.2 Å². The molecule has 0 spiro atoms. The zero-order chi connectivity index (χ0) is 11.3. The molecule has 0 aromatic carbocycles. The van der Waals surface area contributed by atoms with Gasteiger partial charge in [0, 0.05) is 13.1 Å². The predicted molar refractivity (Wildman–Crippen MR) is 57.0 cm³/mol. The zero-order valence-electron chi connectivity index (χ0n) is 9.38. The van der Waals surface area contributed by atoms with Gasteiger partial charge in [0.1, 0.15) is 6.54 Å². The molecule has 0 radical (unpaired) electrons. The van der Waals surface area contributed by atoms with Crippen molar-refractivity contribution in [2.45, 2.75) is 20.4 Å². The highest BCUT2D eigenvalue weighted by atomic mass is 15.6. The van der Waals surface area contributed by atoms with Gasteiger partial charge in [0.15, 0.2) is 11.8 Å². The standard InChI is InChI=1S/C8H17N7/c1-4-15(5-2)8(9)10-6-7-11-13-14(3)12-7/h4-6H2,1-3H3,(H2,9,10). The summed E-state index contributed by atoms with van der Waals surface area (Å²) in [5.74, 6) is 1.10. The van der Waals surface area contributed by atoms with Crippen LogP contribution in [0.2, 0.25) is 0 Å². The van der Waals surface area contributed by atoms with E-state index >= 15 is 0 Å². The Bertz CT molecular complexity index is 325. The summed E-state index contributed by atoms with van der Waals surface area (Å²) in [6, 6.07) is 0. The molecule has 0 unspecified atom stereocenters. The fraction of sp³-hybridized carbons (Fsp3) is 0.750. The number of rotatable bonds is 4. The maximum atomic E-state index is 5.79. The minimum absolute atomic E-state index is 0.371. The van der Waals surface area contributed by atoms with E-state index in [1.165, 1.54) is 4.80 Å². The van der Waals surface area contributed by atoms with Gasteiger partial charge >= 0.3 is 0 Å². The Kier molecular flexibility index (Phi) is 4.02. The monoisotopic (exact) mass is 211 g/mol. The molecule has 1 rings (SSSR count). The second-order valence-electron chi connectivity index (χ2n) is 3.04. The highest BCUT2D eigenvalue weighted by Crippen LogP contribution is 1.92. The second kappa shape index (κ2) is 5.28. The van der Waals surface area contributed by atoms with E-state index in [4.69, 9.17) is 5.73 Å². The molecule has 0 fully saturated rings. The summed E-state index contributed by atoms with van der Waals surface area (Å²) in [5.41, 5.74) is 5.79. The molecular formula is C8H17N7. The lowest BCUT2D eigenvalue weighted by Gasteiger charge is -2.18. The number of nitrogens with two attached hydrogens (primary N) is 1. The molecule has 0 atom stereocenters. The van der Waals surface area contributed by atoms with Crippen molar-refractivity contribution in [3.8, 4) is 0 Å². The van der Waals surface area contributed by atoms with Crippen LogP contribution in [0.25, 0.3) is 0 Å². The third-order valence-electron chi connectivity index (χ3n) is 2.02. The van der Waals surface area contributed by atoms with Crippen molar-refractivity contribution >= 4 is 5.96 Å². The lowest BCUT2D eigenvalue weighted by molar-refractivity contribution is 0.457. The van der Waals surface area contributed by atoms with E-state index in [1.807, 2.05) is 18.7 Å². The van der Waals surface area contributed by atoms with E-state index in [1.54, 1.807) is 7.05 Å². The quantitative estimate of drug-likeness (QED) is 0.529. The zero-order valence-corrected chi connectivity index (χ0v) is 9.38. The van der Waals surface area contributed by atoms with E-state index in [0.717, 1.165) is 13.1 Å². The number of aliphatic imine (C=N–C) groups is 1. The molecule has 1 aromatic rings. The number of aromatic nitrogens is 4. The van der Waals surface area contributed by atoms with Gasteiger partial charge < -0.3 is 10.6 Å². The molecule has 7 heteroatoms. The van der Waals surface area contributed by atoms with E-state index < -0.39 is 0 Å². The normalized spacial score (nSPS) is 11.8. The molecule has 0 bridgehead atoms. The molecule has 84 valence electrons. The largest absolute Gasteiger partial charge is 0.370 e. The Morgan fingerprint density at radius 2 is 2.13 bits per heavy atom. The van der Waals surface area contributed by atoms with Crippen molar-refractivity contribution in [1.82, 2.24) is 25.1 Å². The first-order valence-corrected chi connectivity index (χ1v) is 4.95. The average molecular weight is 211 g/mol. The summed E-state index contributed by atoms with van der Waals surface area (Å²) in [7, 11) is 1.72. The molecule has 0 amide bonds. The van der Waals surface area contributed by atoms with Crippen LogP contribution in [0.5, 0.6) is 0 Å². The summed E-state index contributed by atoms with van der Waals surface area (Å²) >= 11 is 0. The molecule has 2 N–H and O–H groups in total. The van der Waals surface area contributed by atoms with Crippen LogP contribution in [0.4, 0.5) is 0 Å². The summed E-state index contributed by atoms with van der Waals surface area (Å²) in [4.78, 5) is 7.56. The first kappa shape index (κ1) is 11.4. The molecule has 0 aliphatic heterocycles. The van der Waals surface area contributed by atoms with Gasteiger partial charge in [-0.3, -0.25) is 0 Å². The van der Waals surface area contributed by atoms with E-state index in [9.17, 15) is 0 Å². The van der Waals surface area contributed by atoms with Crippen LogP contribution in [0.15, 0.2) is 4.99 Å². The highest BCUT2D eigenvalue weighted by Gasteiger charge is 2.03. The van der Waals surface area contributed by atoms with Crippen LogP contribution >= 0.6 is 0 Å². The van der Waals surface area contributed by atoms with Crippen molar-refractivity contribution < 1.29 is 0 Å². The minimum atomic E-state index is 0.371. The van der Waals surface area contributed by atoms with Gasteiger partial charge in [-0.25, -0.2) is 4.99 Å². The third-order valence-corrected chi connectivity index (χ3v) is 2.02. The molecule has 0 saturated carbocycles. The van der Waals surface area contributed by atoms with E-state index in [0.29, 0.717) is 18.3 Å². The Hall–Kier alpha value is -1.66. The summed E-state index contributed by atoms with van der Waals surface area (Å²) < 4.78 is 0. The van der Waals surface area contributed by atoms with Gasteiger partial charge in [-0.15, -0.1) is 10.2 Å². The molecule has 0 aliphatic rings. The van der Waals surface area contributed by atoms with Crippen LogP contribution in [0.3, 0.4) is 0 Å². The van der Waals surface area contributed by atoms with E-state index in [2.05, 4.69) is 20.4 Å². The predicted octanol–water partition coefficient (Wildman–Crippen LogP) is -0.633. The van der Waals surface area contributed by atoms with Gasteiger partial charge in [-0.05, 0) is 19.1 Å². The Balaban J connectivity index is 2.56. The number of aryl methyl sites for hydroxylation is 1. The van der Waals surface area contributed by atoms with Crippen LogP contribution < -0.4 is 5.73 Å². The number of guanidine groups is 1. The topological polar surface area (TPSA) is 85.2 Å². The maximum absolute atomic E-state index is 5.79. The van der Waals surface area contributed by atoms with Crippen molar-refractivity contribution in [2.24, 2.45) is 17.8 Å². The minimum Gasteiger partial charge on any atom is -0.370 e. The first-order valence-electron chi connectivity index (χ1n) is 4.95. The maximum Gasteiger partial charge on any atom is 0.196 e. The summed E-state index contributed by atoms with van der Waals surface area (Å²) in [5, 5.41) is 11.5. The lowest BCUT2D eigenvalue weighted by atomic mass is 10.5. The Morgan fingerprint density at radius 3 is 2.60 bits per heavy atom. The fourth-order valence-corrected chi connectivity index (χ4v) is 1.19. The van der Waals surface area contributed by atoms with Crippen molar-refractivity contribution in [3.63, 3.8) is 0 Å². The van der Waals surface area contributed by atoms with Crippen molar-refractivity contribution in [3.05, 3.63) is 5.82 Å². The summed E-state index contributed by atoms with van der Waals surface area (Å²) in [6.45, 7) is 6.13. The van der Waals surface area contributed by atoms with Gasteiger partial charge in [0.25, 0.3) is 0 Å². The number of nitrogens with zero attached hydrogens (tertiary/aromatic N) is 6. The molecule has 1 heterocycles. The summed E-state index contributed by atoms with van der Waals surface area (Å²) in [6.07, 6.45) is 0. The average Bonchev–Trinajstić information content (AvgIpc) is 2.63. The van der Waals surface area contributed by atoms with Crippen LogP contribution in [0, 0.1) is 0 Å². The SMILES string of the molecule is CCN(CC)C(N)=NCc1nnn(C)n1. The molecule has 15 heavy (non-hydrogen) atoms. The molecular weight excluding hydrogens is 194 g/mol. The van der Waals surface area contributed by atoms with Gasteiger partial charge in [0.2, 0.25) is 0 Å². The van der Waals surface area contributed by atoms with Crippen molar-refractivity contribution in [1.29, 1.82) is 0 Å². The fourth-order valence-electron chi connectivity index (χ4n) is 1.19. The smallest absolute Gasteiger partial charge is 0.196 e. The first-order chi connectivity index (χ1) is 7.17. The lowest BCUT2D eigenvalue weighted by Crippen LogP contribution is -2.37. The van der Waals surface area contributed by atoms with Crippen molar-refractivity contribution in [2.75, 3.05) is 13.1 Å². The number of tetrazole rings is 1. The van der Waals surface area contributed by atoms with E-state index in [-0.39, 0.29) is 0 Å². The van der Waals surface area contributed by atoms with Gasteiger partial charge in [0.05, 0.1) is 7.05 Å². The van der Waals surface area contributed by atoms with Gasteiger partial charge in [-0.2, -0.15) is 4.80 Å². The molecule has 1 aromatic heterocycles. The Labute approximate surface area is 89.0 Å². The van der Waals surface area contributed by atoms with Gasteiger partial charge in [-0.1, -0.05) is 0 Å². The number of hydrogen-bond acceptors (Lipinski definition) is 4. The second-order valence-corrected chi connectivity index (χ2v) is 3.04. The highest BCUT2D eigenvalue weighted by molar-refractivity contribution is 5.77. The molecule has 0 aliphatic carbocycles. The Morgan fingerprint density at radius 1 is 1.47 bits per heavy atom. The van der Waals surface area contributed by atoms with Crippen LogP contribution in [-0.2, 0) is 13.6 Å². The van der Waals surface area contributed by atoms with Crippen LogP contribution in [0.1, 0.15) is 19.7 Å². The third kappa shape index (κ3) is 3.19. The molecule has 7 nitrogen and oxygen atoms in total.